The average molecular weight is 218 g/mol. The first-order valence-corrected chi connectivity index (χ1v) is 4.42. The first-order chi connectivity index (χ1) is 5.89. The third kappa shape index (κ3) is 2.27. The first kappa shape index (κ1) is 11.1. The van der Waals surface area contributed by atoms with Crippen LogP contribution in [0.25, 0.3) is 0 Å². The van der Waals surface area contributed by atoms with E-state index in [0.717, 1.165) is 0 Å². The van der Waals surface area contributed by atoms with Crippen molar-refractivity contribution in [3.63, 3.8) is 0 Å². The third-order valence-electron chi connectivity index (χ3n) is 2.49. The summed E-state index contributed by atoms with van der Waals surface area (Å²) in [7, 11) is 0. The van der Waals surface area contributed by atoms with E-state index in [9.17, 15) is 18.3 Å². The summed E-state index contributed by atoms with van der Waals surface area (Å²) in [6.07, 6.45) is -4.58. The lowest BCUT2D eigenvalue weighted by Crippen LogP contribution is -2.49. The molecular formula is C7H11ClF3NO. The quantitative estimate of drug-likeness (QED) is 0.659. The van der Waals surface area contributed by atoms with Crippen molar-refractivity contribution in [2.24, 2.45) is 0 Å². The van der Waals surface area contributed by atoms with Gasteiger partial charge in [0.05, 0.1) is 0 Å². The standard InChI is InChI=1S/C7H11ClF3NO/c8-12-5-1-3-6(13,4-2-5)7(9,10)11/h5,12-13H,1-4H2. The van der Waals surface area contributed by atoms with Crippen molar-refractivity contribution in [3.05, 3.63) is 0 Å². The molecule has 0 radical (unpaired) electrons. The maximum Gasteiger partial charge on any atom is 0.417 e. The molecule has 0 aromatic carbocycles. The number of halogens is 4. The van der Waals surface area contributed by atoms with Gasteiger partial charge in [0.1, 0.15) is 0 Å². The highest BCUT2D eigenvalue weighted by molar-refractivity contribution is 6.13. The molecule has 1 aliphatic carbocycles. The van der Waals surface area contributed by atoms with Gasteiger partial charge >= 0.3 is 6.18 Å². The van der Waals surface area contributed by atoms with Gasteiger partial charge in [-0.05, 0) is 37.5 Å². The van der Waals surface area contributed by atoms with Gasteiger partial charge in [0.25, 0.3) is 0 Å². The van der Waals surface area contributed by atoms with Crippen LogP contribution in [0, 0.1) is 0 Å². The van der Waals surface area contributed by atoms with Crippen LogP contribution in [0.2, 0.25) is 0 Å². The van der Waals surface area contributed by atoms with Crippen molar-refractivity contribution in [2.45, 2.75) is 43.5 Å². The Labute approximate surface area is 79.2 Å². The number of rotatable bonds is 1. The monoisotopic (exact) mass is 217 g/mol. The van der Waals surface area contributed by atoms with Crippen LogP contribution in [0.15, 0.2) is 0 Å². The summed E-state index contributed by atoms with van der Waals surface area (Å²) in [5.41, 5.74) is -2.50. The summed E-state index contributed by atoms with van der Waals surface area (Å²) >= 11 is 5.27. The van der Waals surface area contributed by atoms with Gasteiger partial charge in [-0.25, -0.2) is 4.84 Å². The Bertz CT molecular complexity index is 177. The summed E-state index contributed by atoms with van der Waals surface area (Å²) in [6.45, 7) is 0. The Kier molecular flexibility index (Phi) is 3.09. The molecule has 78 valence electrons. The van der Waals surface area contributed by atoms with E-state index in [1.165, 1.54) is 0 Å². The van der Waals surface area contributed by atoms with Crippen molar-refractivity contribution in [1.82, 2.24) is 4.84 Å². The minimum atomic E-state index is -4.52. The lowest BCUT2D eigenvalue weighted by Gasteiger charge is -2.36. The van der Waals surface area contributed by atoms with E-state index < -0.39 is 11.8 Å². The smallest absolute Gasteiger partial charge is 0.380 e. The Morgan fingerprint density at radius 2 is 1.77 bits per heavy atom. The topological polar surface area (TPSA) is 32.3 Å². The van der Waals surface area contributed by atoms with Gasteiger partial charge in [0.2, 0.25) is 0 Å². The van der Waals surface area contributed by atoms with Gasteiger partial charge in [-0.2, -0.15) is 13.2 Å². The van der Waals surface area contributed by atoms with E-state index in [-0.39, 0.29) is 31.7 Å². The summed E-state index contributed by atoms with van der Waals surface area (Å²) in [5.74, 6) is 0. The largest absolute Gasteiger partial charge is 0.417 e. The van der Waals surface area contributed by atoms with Gasteiger partial charge in [-0.1, -0.05) is 0 Å². The van der Waals surface area contributed by atoms with Gasteiger partial charge in [-0.15, -0.1) is 0 Å². The third-order valence-corrected chi connectivity index (χ3v) is 2.80. The molecule has 0 spiro atoms. The molecule has 0 aromatic rings. The van der Waals surface area contributed by atoms with Gasteiger partial charge in [-0.3, -0.25) is 0 Å². The van der Waals surface area contributed by atoms with Crippen LogP contribution in [0.1, 0.15) is 25.7 Å². The summed E-state index contributed by atoms with van der Waals surface area (Å²) in [6, 6.07) is -0.121. The SMILES string of the molecule is OC1(C(F)(F)F)CCC(NCl)CC1. The van der Waals surface area contributed by atoms with E-state index in [4.69, 9.17) is 11.8 Å². The van der Waals surface area contributed by atoms with E-state index >= 15 is 0 Å². The fourth-order valence-corrected chi connectivity index (χ4v) is 1.71. The molecule has 13 heavy (non-hydrogen) atoms. The second-order valence-electron chi connectivity index (χ2n) is 3.41. The van der Waals surface area contributed by atoms with Crippen molar-refractivity contribution < 1.29 is 18.3 Å². The minimum Gasteiger partial charge on any atom is -0.380 e. The highest BCUT2D eigenvalue weighted by Crippen LogP contribution is 2.41. The second kappa shape index (κ2) is 3.63. The summed E-state index contributed by atoms with van der Waals surface area (Å²) < 4.78 is 36.8. The van der Waals surface area contributed by atoms with Crippen molar-refractivity contribution in [1.29, 1.82) is 0 Å². The molecule has 2 N–H and O–H groups in total. The lowest BCUT2D eigenvalue weighted by molar-refractivity contribution is -0.270. The zero-order valence-corrected chi connectivity index (χ0v) is 7.62. The molecule has 0 heterocycles. The highest BCUT2D eigenvalue weighted by Gasteiger charge is 2.54. The van der Waals surface area contributed by atoms with Crippen LogP contribution < -0.4 is 4.84 Å². The maximum absolute atomic E-state index is 12.3. The predicted octanol–water partition coefficient (Wildman–Crippen LogP) is 1.97. The van der Waals surface area contributed by atoms with E-state index in [1.54, 1.807) is 0 Å². The Hall–Kier alpha value is 0. The van der Waals surface area contributed by atoms with Crippen LogP contribution in [-0.2, 0) is 0 Å². The molecule has 1 fully saturated rings. The highest BCUT2D eigenvalue weighted by atomic mass is 35.5. The molecule has 0 bridgehead atoms. The Balaban J connectivity index is 2.57. The molecule has 2 nitrogen and oxygen atoms in total. The predicted molar refractivity (Wildman–Crippen MR) is 42.2 cm³/mol. The zero-order chi connectivity index (χ0) is 10.1. The van der Waals surface area contributed by atoms with Crippen LogP contribution in [-0.4, -0.2) is 22.9 Å². The number of alkyl halides is 3. The minimum absolute atomic E-state index is 0.121. The molecule has 0 saturated heterocycles. The van der Waals surface area contributed by atoms with E-state index in [0.29, 0.717) is 0 Å². The first-order valence-electron chi connectivity index (χ1n) is 4.04. The van der Waals surface area contributed by atoms with Crippen LogP contribution in [0.5, 0.6) is 0 Å². The second-order valence-corrected chi connectivity index (χ2v) is 3.63. The van der Waals surface area contributed by atoms with Crippen molar-refractivity contribution in [3.8, 4) is 0 Å². The Morgan fingerprint density at radius 3 is 2.08 bits per heavy atom. The number of nitrogens with one attached hydrogen (secondary N) is 1. The van der Waals surface area contributed by atoms with Crippen LogP contribution in [0.3, 0.4) is 0 Å². The molecule has 1 aliphatic rings. The molecular weight excluding hydrogens is 207 g/mol. The summed E-state index contributed by atoms with van der Waals surface area (Å²) in [4.78, 5) is 2.39. The lowest BCUT2D eigenvalue weighted by atomic mass is 9.82. The van der Waals surface area contributed by atoms with E-state index in [2.05, 4.69) is 4.84 Å². The summed E-state index contributed by atoms with van der Waals surface area (Å²) in [5, 5.41) is 9.23. The molecule has 0 atom stereocenters. The molecule has 1 rings (SSSR count). The number of aliphatic hydroxyl groups is 1. The molecule has 6 heteroatoms. The van der Waals surface area contributed by atoms with Gasteiger partial charge in [0, 0.05) is 6.04 Å². The molecule has 0 unspecified atom stereocenters. The van der Waals surface area contributed by atoms with Gasteiger partial charge < -0.3 is 5.11 Å². The van der Waals surface area contributed by atoms with Crippen LogP contribution in [0.4, 0.5) is 13.2 Å². The maximum atomic E-state index is 12.3. The Morgan fingerprint density at radius 1 is 1.31 bits per heavy atom. The fraction of sp³-hybridized carbons (Fsp3) is 1.00. The normalized spacial score (nSPS) is 36.2. The molecule has 0 aromatic heterocycles. The molecule has 1 saturated carbocycles. The molecule has 0 aliphatic heterocycles. The van der Waals surface area contributed by atoms with Crippen LogP contribution >= 0.6 is 11.8 Å². The van der Waals surface area contributed by atoms with E-state index in [1.807, 2.05) is 0 Å². The van der Waals surface area contributed by atoms with Crippen molar-refractivity contribution in [2.75, 3.05) is 0 Å². The molecule has 0 amide bonds. The van der Waals surface area contributed by atoms with Gasteiger partial charge in [0.15, 0.2) is 5.60 Å². The zero-order valence-electron chi connectivity index (χ0n) is 6.86. The average Bonchev–Trinajstić information content (AvgIpc) is 2.04. The van der Waals surface area contributed by atoms with Crippen molar-refractivity contribution >= 4 is 11.8 Å². The number of hydrogen-bond acceptors (Lipinski definition) is 2. The fourth-order valence-electron chi connectivity index (χ4n) is 1.49. The number of hydrogen-bond donors (Lipinski definition) is 2.